The van der Waals surface area contributed by atoms with Crippen molar-refractivity contribution in [2.24, 2.45) is 0 Å². The number of aryl methyl sites for hydroxylation is 1. The van der Waals surface area contributed by atoms with Gasteiger partial charge in [-0.1, -0.05) is 6.07 Å². The first-order valence-electron chi connectivity index (χ1n) is 7.49. The number of nitrogens with one attached hydrogen (secondary N) is 2. The van der Waals surface area contributed by atoms with Gasteiger partial charge in [-0.3, -0.25) is 0 Å². The second-order valence-electron chi connectivity index (χ2n) is 5.85. The average Bonchev–Trinajstić information content (AvgIpc) is 3.25. The van der Waals surface area contributed by atoms with Crippen LogP contribution in [0.4, 0.5) is 17.5 Å². The van der Waals surface area contributed by atoms with Crippen molar-refractivity contribution in [2.75, 3.05) is 10.6 Å². The highest BCUT2D eigenvalue weighted by molar-refractivity contribution is 6.61. The molecule has 0 amide bonds. The zero-order chi connectivity index (χ0) is 15.1. The topological polar surface area (TPSA) is 79.3 Å². The summed E-state index contributed by atoms with van der Waals surface area (Å²) >= 11 is 0. The molecule has 1 fully saturated rings. The first kappa shape index (κ1) is 13.5. The Morgan fingerprint density at radius 2 is 2.23 bits per heavy atom. The number of aromatic nitrogens is 2. The zero-order valence-corrected chi connectivity index (χ0v) is 12.3. The van der Waals surface area contributed by atoms with Crippen molar-refractivity contribution < 1.29 is 9.68 Å². The number of anilines is 3. The van der Waals surface area contributed by atoms with E-state index in [0.717, 1.165) is 28.1 Å². The van der Waals surface area contributed by atoms with E-state index in [-0.39, 0.29) is 0 Å². The van der Waals surface area contributed by atoms with Gasteiger partial charge >= 0.3 is 7.12 Å². The molecule has 0 bridgehead atoms. The maximum absolute atomic E-state index is 9.64. The Labute approximate surface area is 129 Å². The number of benzene rings is 1. The molecule has 7 heteroatoms. The summed E-state index contributed by atoms with van der Waals surface area (Å²) in [6, 6.07) is 6.28. The third-order valence-electron chi connectivity index (χ3n) is 3.95. The van der Waals surface area contributed by atoms with Crippen molar-refractivity contribution in [3.63, 3.8) is 0 Å². The molecule has 6 nitrogen and oxygen atoms in total. The number of hydrogen-bond acceptors (Lipinski definition) is 6. The fourth-order valence-corrected chi connectivity index (χ4v) is 2.51. The maximum Gasteiger partial charge on any atom is 0.491 e. The Hall–Kier alpha value is -2.12. The molecule has 2 aliphatic rings. The highest BCUT2D eigenvalue weighted by Gasteiger charge is 2.27. The summed E-state index contributed by atoms with van der Waals surface area (Å²) in [6.45, 7) is 2.43. The van der Waals surface area contributed by atoms with E-state index in [0.29, 0.717) is 18.6 Å². The van der Waals surface area contributed by atoms with E-state index in [4.69, 9.17) is 4.65 Å². The quantitative estimate of drug-likeness (QED) is 0.739. The van der Waals surface area contributed by atoms with Crippen molar-refractivity contribution >= 4 is 30.0 Å². The third-order valence-corrected chi connectivity index (χ3v) is 3.95. The second kappa shape index (κ2) is 5.26. The molecule has 0 spiro atoms. The van der Waals surface area contributed by atoms with Crippen LogP contribution in [0.1, 0.15) is 24.0 Å². The van der Waals surface area contributed by atoms with E-state index in [2.05, 4.69) is 20.6 Å². The minimum absolute atomic E-state index is 0.426. The van der Waals surface area contributed by atoms with Gasteiger partial charge in [-0.05, 0) is 42.9 Å². The number of hydrogen-bond donors (Lipinski definition) is 3. The fraction of sp³-hybridized carbons (Fsp3) is 0.333. The Balaban J connectivity index is 1.55. The predicted octanol–water partition coefficient (Wildman–Crippen LogP) is 1.32. The number of nitrogens with zero attached hydrogens (tertiary/aromatic N) is 2. The SMILES string of the molecule is Cc1cnc(Nc2ccc3c(c2)COB3O)nc1NC1CC1. The van der Waals surface area contributed by atoms with Crippen LogP contribution in [0.3, 0.4) is 0 Å². The van der Waals surface area contributed by atoms with E-state index in [1.54, 1.807) is 0 Å². The van der Waals surface area contributed by atoms with E-state index in [1.165, 1.54) is 12.8 Å². The lowest BCUT2D eigenvalue weighted by Gasteiger charge is -2.11. The summed E-state index contributed by atoms with van der Waals surface area (Å²) < 4.78 is 5.20. The third kappa shape index (κ3) is 2.65. The molecule has 0 radical (unpaired) electrons. The summed E-state index contributed by atoms with van der Waals surface area (Å²) in [5, 5.41) is 16.3. The fourth-order valence-electron chi connectivity index (χ4n) is 2.51. The van der Waals surface area contributed by atoms with Crippen LogP contribution in [0, 0.1) is 6.92 Å². The lowest BCUT2D eigenvalue weighted by molar-refractivity contribution is 0.275. The number of rotatable bonds is 4. The van der Waals surface area contributed by atoms with Crippen LogP contribution in [0.15, 0.2) is 24.4 Å². The van der Waals surface area contributed by atoms with E-state index >= 15 is 0 Å². The molecule has 1 aromatic heterocycles. The molecule has 1 aliphatic heterocycles. The van der Waals surface area contributed by atoms with Gasteiger partial charge in [0, 0.05) is 23.5 Å². The van der Waals surface area contributed by atoms with E-state index in [9.17, 15) is 5.02 Å². The smallest absolute Gasteiger partial charge is 0.423 e. The van der Waals surface area contributed by atoms with Gasteiger partial charge in [-0.2, -0.15) is 4.98 Å². The predicted molar refractivity (Wildman–Crippen MR) is 85.5 cm³/mol. The molecular weight excluding hydrogens is 279 g/mol. The monoisotopic (exact) mass is 296 g/mol. The highest BCUT2D eigenvalue weighted by atomic mass is 16.5. The summed E-state index contributed by atoms with van der Waals surface area (Å²) in [5.41, 5.74) is 3.74. The molecule has 112 valence electrons. The van der Waals surface area contributed by atoms with Crippen molar-refractivity contribution in [3.05, 3.63) is 35.5 Å². The van der Waals surface area contributed by atoms with Gasteiger partial charge in [0.2, 0.25) is 5.95 Å². The molecule has 1 aromatic carbocycles. The lowest BCUT2D eigenvalue weighted by Crippen LogP contribution is -2.27. The van der Waals surface area contributed by atoms with Crippen LogP contribution in [0.2, 0.25) is 0 Å². The molecule has 1 saturated carbocycles. The lowest BCUT2D eigenvalue weighted by atomic mass is 9.79. The normalized spacial score (nSPS) is 16.5. The van der Waals surface area contributed by atoms with Crippen LogP contribution in [-0.2, 0) is 11.3 Å². The summed E-state index contributed by atoms with van der Waals surface area (Å²) in [5.74, 6) is 1.45. The molecule has 3 N–H and O–H groups in total. The van der Waals surface area contributed by atoms with Crippen molar-refractivity contribution in [1.29, 1.82) is 0 Å². The Kier molecular flexibility index (Phi) is 3.24. The van der Waals surface area contributed by atoms with E-state index < -0.39 is 7.12 Å². The molecular formula is C15H17BN4O2. The first-order valence-corrected chi connectivity index (χ1v) is 7.49. The van der Waals surface area contributed by atoms with Crippen LogP contribution in [-0.4, -0.2) is 28.2 Å². The van der Waals surface area contributed by atoms with Gasteiger partial charge in [0.1, 0.15) is 5.82 Å². The van der Waals surface area contributed by atoms with Crippen molar-refractivity contribution in [3.8, 4) is 0 Å². The molecule has 1 aliphatic carbocycles. The number of fused-ring (bicyclic) bond motifs is 1. The summed E-state index contributed by atoms with van der Waals surface area (Å²) in [7, 11) is -0.811. The average molecular weight is 296 g/mol. The van der Waals surface area contributed by atoms with Crippen LogP contribution in [0.5, 0.6) is 0 Å². The van der Waals surface area contributed by atoms with E-state index in [1.807, 2.05) is 31.3 Å². The minimum atomic E-state index is -0.811. The summed E-state index contributed by atoms with van der Waals surface area (Å²) in [6.07, 6.45) is 4.24. The Morgan fingerprint density at radius 1 is 1.36 bits per heavy atom. The molecule has 4 rings (SSSR count). The van der Waals surface area contributed by atoms with Crippen LogP contribution >= 0.6 is 0 Å². The maximum atomic E-state index is 9.64. The largest absolute Gasteiger partial charge is 0.491 e. The highest BCUT2D eigenvalue weighted by Crippen LogP contribution is 2.26. The molecule has 2 aromatic rings. The molecule has 2 heterocycles. The molecule has 0 unspecified atom stereocenters. The van der Waals surface area contributed by atoms with Gasteiger partial charge in [-0.25, -0.2) is 4.98 Å². The molecule has 0 atom stereocenters. The van der Waals surface area contributed by atoms with Gasteiger partial charge in [-0.15, -0.1) is 0 Å². The van der Waals surface area contributed by atoms with Gasteiger partial charge < -0.3 is 20.3 Å². The first-order chi connectivity index (χ1) is 10.7. The van der Waals surface area contributed by atoms with Crippen LogP contribution in [0.25, 0.3) is 0 Å². The second-order valence-corrected chi connectivity index (χ2v) is 5.85. The van der Waals surface area contributed by atoms with Gasteiger partial charge in [0.25, 0.3) is 0 Å². The minimum Gasteiger partial charge on any atom is -0.423 e. The van der Waals surface area contributed by atoms with Crippen molar-refractivity contribution in [2.45, 2.75) is 32.4 Å². The standard InChI is InChI=1S/C15H17BN4O2/c1-9-7-17-15(20-14(9)18-11-2-3-11)19-12-4-5-13-10(6-12)8-22-16(13)21/h4-7,11,21H,2-3,8H2,1H3,(H2,17,18,19,20). The van der Waals surface area contributed by atoms with Gasteiger partial charge in [0.05, 0.1) is 6.61 Å². The Morgan fingerprint density at radius 3 is 3.05 bits per heavy atom. The van der Waals surface area contributed by atoms with Crippen molar-refractivity contribution in [1.82, 2.24) is 9.97 Å². The van der Waals surface area contributed by atoms with Crippen LogP contribution < -0.4 is 16.1 Å². The Bertz CT molecular complexity index is 721. The van der Waals surface area contributed by atoms with Gasteiger partial charge in [0.15, 0.2) is 0 Å². The molecule has 0 saturated heterocycles. The zero-order valence-electron chi connectivity index (χ0n) is 12.3. The molecule has 22 heavy (non-hydrogen) atoms. The summed E-state index contributed by atoms with van der Waals surface area (Å²) in [4.78, 5) is 8.87.